The topological polar surface area (TPSA) is 52.1 Å². The summed E-state index contributed by atoms with van der Waals surface area (Å²) in [5.41, 5.74) is 0.773. The Kier molecular flexibility index (Phi) is 2.35. The molecule has 0 N–H and O–H groups in total. The fraction of sp³-hybridized carbons (Fsp3) is 0.125. The lowest BCUT2D eigenvalue weighted by Gasteiger charge is -2.01. The van der Waals surface area contributed by atoms with Crippen molar-refractivity contribution in [2.75, 3.05) is 7.11 Å². The SMILES string of the molecule is COC(=O)c1c(Cl)ccc2snnc12. The molecule has 0 amide bonds. The molecule has 6 heteroatoms. The molecule has 1 heterocycles. The normalized spacial score (nSPS) is 10.4. The summed E-state index contributed by atoms with van der Waals surface area (Å²) in [6.45, 7) is 0. The molecule has 0 atom stereocenters. The van der Waals surface area contributed by atoms with Crippen molar-refractivity contribution in [3.05, 3.63) is 22.7 Å². The number of carbonyl (C=O) groups excluding carboxylic acids is 1. The third kappa shape index (κ3) is 1.34. The maximum absolute atomic E-state index is 11.4. The number of aromatic nitrogens is 2. The molecule has 1 aromatic carbocycles. The molecule has 2 rings (SSSR count). The lowest BCUT2D eigenvalue weighted by atomic mass is 10.2. The van der Waals surface area contributed by atoms with Crippen molar-refractivity contribution in [1.82, 2.24) is 9.59 Å². The van der Waals surface area contributed by atoms with Crippen LogP contribution < -0.4 is 0 Å². The van der Waals surface area contributed by atoms with Gasteiger partial charge in [0.1, 0.15) is 11.1 Å². The second kappa shape index (κ2) is 3.51. The van der Waals surface area contributed by atoms with Crippen molar-refractivity contribution in [2.45, 2.75) is 0 Å². The zero-order chi connectivity index (χ0) is 10.1. The molecule has 0 aliphatic rings. The highest BCUT2D eigenvalue weighted by molar-refractivity contribution is 7.13. The van der Waals surface area contributed by atoms with Gasteiger partial charge in [-0.2, -0.15) is 0 Å². The zero-order valence-corrected chi connectivity index (χ0v) is 8.72. The van der Waals surface area contributed by atoms with Crippen LogP contribution in [0.25, 0.3) is 10.2 Å². The first-order valence-electron chi connectivity index (χ1n) is 3.73. The number of nitrogens with zero attached hydrogens (tertiary/aromatic N) is 2. The van der Waals surface area contributed by atoms with Crippen LogP contribution in [0.3, 0.4) is 0 Å². The van der Waals surface area contributed by atoms with Gasteiger partial charge in [-0.3, -0.25) is 0 Å². The summed E-state index contributed by atoms with van der Waals surface area (Å²) in [5.74, 6) is -0.492. The van der Waals surface area contributed by atoms with E-state index in [-0.39, 0.29) is 5.56 Å². The number of methoxy groups -OCH3 is 1. The Bertz CT molecular complexity index is 497. The van der Waals surface area contributed by atoms with Gasteiger partial charge in [0.25, 0.3) is 0 Å². The van der Waals surface area contributed by atoms with Crippen LogP contribution in [0.5, 0.6) is 0 Å². The van der Waals surface area contributed by atoms with Gasteiger partial charge in [-0.05, 0) is 23.7 Å². The maximum Gasteiger partial charge on any atom is 0.341 e. The second-order valence-electron chi connectivity index (χ2n) is 2.53. The smallest absolute Gasteiger partial charge is 0.341 e. The number of benzene rings is 1. The zero-order valence-electron chi connectivity index (χ0n) is 7.15. The molecule has 0 unspecified atom stereocenters. The highest BCUT2D eigenvalue weighted by Gasteiger charge is 2.17. The molecule has 0 saturated carbocycles. The van der Waals surface area contributed by atoms with Crippen LogP contribution in [0.15, 0.2) is 12.1 Å². The number of carbonyl (C=O) groups is 1. The first kappa shape index (κ1) is 9.36. The summed E-state index contributed by atoms with van der Waals surface area (Å²) in [7, 11) is 1.30. The quantitative estimate of drug-likeness (QED) is 0.702. The lowest BCUT2D eigenvalue weighted by molar-refractivity contribution is 0.0603. The lowest BCUT2D eigenvalue weighted by Crippen LogP contribution is -2.03. The van der Waals surface area contributed by atoms with Crippen molar-refractivity contribution < 1.29 is 9.53 Å². The van der Waals surface area contributed by atoms with Crippen LogP contribution in [-0.4, -0.2) is 22.7 Å². The van der Waals surface area contributed by atoms with Crippen molar-refractivity contribution >= 4 is 39.3 Å². The maximum atomic E-state index is 11.4. The van der Waals surface area contributed by atoms with Gasteiger partial charge in [0.15, 0.2) is 0 Å². The largest absolute Gasteiger partial charge is 0.465 e. The molecule has 0 bridgehead atoms. The Morgan fingerprint density at radius 2 is 2.36 bits per heavy atom. The summed E-state index contributed by atoms with van der Waals surface area (Å²) in [4.78, 5) is 11.4. The Hall–Kier alpha value is -1.20. The van der Waals surface area contributed by atoms with E-state index in [0.717, 1.165) is 4.70 Å². The fourth-order valence-electron chi connectivity index (χ4n) is 1.12. The highest BCUT2D eigenvalue weighted by atomic mass is 35.5. The van der Waals surface area contributed by atoms with E-state index in [0.29, 0.717) is 10.5 Å². The van der Waals surface area contributed by atoms with Gasteiger partial charge in [-0.25, -0.2) is 4.79 Å². The number of esters is 1. The summed E-state index contributed by atoms with van der Waals surface area (Å²) >= 11 is 7.08. The van der Waals surface area contributed by atoms with Crippen LogP contribution in [0.1, 0.15) is 10.4 Å². The van der Waals surface area contributed by atoms with E-state index in [1.807, 2.05) is 0 Å². The van der Waals surface area contributed by atoms with Crippen LogP contribution in [0.2, 0.25) is 5.02 Å². The molecule has 0 saturated heterocycles. The van der Waals surface area contributed by atoms with Crippen molar-refractivity contribution in [3.8, 4) is 0 Å². The second-order valence-corrected chi connectivity index (χ2v) is 3.73. The Morgan fingerprint density at radius 3 is 3.07 bits per heavy atom. The van der Waals surface area contributed by atoms with Gasteiger partial charge in [-0.15, -0.1) is 5.10 Å². The van der Waals surface area contributed by atoms with E-state index in [4.69, 9.17) is 11.6 Å². The van der Waals surface area contributed by atoms with Crippen LogP contribution >= 0.6 is 23.1 Å². The van der Waals surface area contributed by atoms with E-state index in [1.165, 1.54) is 18.6 Å². The van der Waals surface area contributed by atoms with E-state index in [9.17, 15) is 4.79 Å². The van der Waals surface area contributed by atoms with Crippen LogP contribution in [0, 0.1) is 0 Å². The summed E-state index contributed by atoms with van der Waals surface area (Å²) in [5, 5.41) is 4.16. The number of ether oxygens (including phenoxy) is 1. The molecule has 2 aromatic rings. The van der Waals surface area contributed by atoms with E-state index >= 15 is 0 Å². The molecular formula is C8H5ClN2O2S. The molecular weight excluding hydrogens is 224 g/mol. The average Bonchev–Trinajstić information content (AvgIpc) is 2.64. The Labute approximate surface area is 88.6 Å². The first-order valence-corrected chi connectivity index (χ1v) is 4.88. The van der Waals surface area contributed by atoms with Crippen LogP contribution in [0.4, 0.5) is 0 Å². The van der Waals surface area contributed by atoms with Gasteiger partial charge in [-0.1, -0.05) is 16.1 Å². The molecule has 0 aliphatic heterocycles. The Balaban J connectivity index is 2.76. The molecule has 0 spiro atoms. The summed E-state index contributed by atoms with van der Waals surface area (Å²) in [6.07, 6.45) is 0. The monoisotopic (exact) mass is 228 g/mol. The standard InChI is InChI=1S/C8H5ClN2O2S/c1-13-8(12)6-4(9)2-3-5-7(6)10-11-14-5/h2-3H,1H3. The van der Waals surface area contributed by atoms with E-state index < -0.39 is 5.97 Å². The number of rotatable bonds is 1. The van der Waals surface area contributed by atoms with Gasteiger partial charge in [0.05, 0.1) is 16.8 Å². The summed E-state index contributed by atoms with van der Waals surface area (Å²) < 4.78 is 9.17. The van der Waals surface area contributed by atoms with Crippen molar-refractivity contribution in [3.63, 3.8) is 0 Å². The van der Waals surface area contributed by atoms with Gasteiger partial charge >= 0.3 is 5.97 Å². The predicted molar refractivity (Wildman–Crippen MR) is 53.8 cm³/mol. The van der Waals surface area contributed by atoms with E-state index in [2.05, 4.69) is 14.3 Å². The minimum atomic E-state index is -0.492. The van der Waals surface area contributed by atoms with Gasteiger partial charge < -0.3 is 4.74 Å². The Morgan fingerprint density at radius 1 is 1.57 bits per heavy atom. The number of hydrogen-bond acceptors (Lipinski definition) is 5. The van der Waals surface area contributed by atoms with Crippen LogP contribution in [-0.2, 0) is 4.74 Å². The highest BCUT2D eigenvalue weighted by Crippen LogP contribution is 2.26. The summed E-state index contributed by atoms with van der Waals surface area (Å²) in [6, 6.07) is 3.41. The van der Waals surface area contributed by atoms with E-state index in [1.54, 1.807) is 12.1 Å². The fourth-order valence-corrected chi connectivity index (χ4v) is 1.92. The van der Waals surface area contributed by atoms with Gasteiger partial charge in [0, 0.05) is 0 Å². The minimum Gasteiger partial charge on any atom is -0.465 e. The third-order valence-electron chi connectivity index (χ3n) is 1.76. The number of fused-ring (bicyclic) bond motifs is 1. The van der Waals surface area contributed by atoms with Gasteiger partial charge in [0.2, 0.25) is 0 Å². The first-order chi connectivity index (χ1) is 6.74. The molecule has 0 fully saturated rings. The molecule has 0 radical (unpaired) electrons. The minimum absolute atomic E-state index is 0.278. The molecule has 0 aliphatic carbocycles. The predicted octanol–water partition coefficient (Wildman–Crippen LogP) is 2.13. The third-order valence-corrected chi connectivity index (χ3v) is 2.76. The van der Waals surface area contributed by atoms with Crippen molar-refractivity contribution in [2.24, 2.45) is 0 Å². The molecule has 4 nitrogen and oxygen atoms in total. The number of halogens is 1. The van der Waals surface area contributed by atoms with Crippen molar-refractivity contribution in [1.29, 1.82) is 0 Å². The molecule has 1 aromatic heterocycles. The average molecular weight is 229 g/mol. The number of hydrogen-bond donors (Lipinski definition) is 0. The molecule has 14 heavy (non-hydrogen) atoms. The molecule has 72 valence electrons.